The van der Waals surface area contributed by atoms with Gasteiger partial charge in [0, 0.05) is 25.3 Å². The second-order valence-electron chi connectivity index (χ2n) is 4.77. The molecule has 1 saturated heterocycles. The largest absolute Gasteiger partial charge is 0.398 e. The molecule has 0 bridgehead atoms. The van der Waals surface area contributed by atoms with Crippen molar-refractivity contribution in [2.75, 3.05) is 45.1 Å². The van der Waals surface area contributed by atoms with Gasteiger partial charge in [0.15, 0.2) is 0 Å². The normalized spacial score (nSPS) is 16.1. The SMILES string of the molecule is Nc1cccc(C(=O)NCCCN2CCOCC2)c1Br. The molecular weight excluding hydrogens is 322 g/mol. The number of anilines is 1. The predicted octanol–water partition coefficient (Wildman–Crippen LogP) is 1.48. The quantitative estimate of drug-likeness (QED) is 0.628. The molecule has 0 spiro atoms. The van der Waals surface area contributed by atoms with Crippen LogP contribution in [-0.2, 0) is 4.74 Å². The van der Waals surface area contributed by atoms with Gasteiger partial charge < -0.3 is 15.8 Å². The Bertz CT molecular complexity index is 462. The molecule has 1 fully saturated rings. The summed E-state index contributed by atoms with van der Waals surface area (Å²) in [6.07, 6.45) is 0.936. The highest BCUT2D eigenvalue weighted by Gasteiger charge is 2.12. The fourth-order valence-corrected chi connectivity index (χ4v) is 2.59. The average Bonchev–Trinajstić information content (AvgIpc) is 2.47. The van der Waals surface area contributed by atoms with E-state index in [4.69, 9.17) is 10.5 Å². The summed E-state index contributed by atoms with van der Waals surface area (Å²) in [5, 5.41) is 2.92. The molecule has 110 valence electrons. The minimum Gasteiger partial charge on any atom is -0.398 e. The fraction of sp³-hybridized carbons (Fsp3) is 0.500. The zero-order valence-electron chi connectivity index (χ0n) is 11.4. The summed E-state index contributed by atoms with van der Waals surface area (Å²) < 4.78 is 5.96. The topological polar surface area (TPSA) is 67.6 Å². The van der Waals surface area contributed by atoms with Gasteiger partial charge in [-0.25, -0.2) is 0 Å². The molecule has 1 aromatic carbocycles. The van der Waals surface area contributed by atoms with Crippen molar-refractivity contribution in [1.82, 2.24) is 10.2 Å². The van der Waals surface area contributed by atoms with Crippen molar-refractivity contribution in [2.45, 2.75) is 6.42 Å². The van der Waals surface area contributed by atoms with Crippen molar-refractivity contribution in [1.29, 1.82) is 0 Å². The van der Waals surface area contributed by atoms with E-state index in [0.717, 1.165) is 39.3 Å². The predicted molar refractivity (Wildman–Crippen MR) is 82.8 cm³/mol. The van der Waals surface area contributed by atoms with Crippen LogP contribution in [0.15, 0.2) is 22.7 Å². The third kappa shape index (κ3) is 4.19. The zero-order valence-corrected chi connectivity index (χ0v) is 13.0. The first-order chi connectivity index (χ1) is 9.68. The van der Waals surface area contributed by atoms with E-state index in [1.165, 1.54) is 0 Å². The van der Waals surface area contributed by atoms with Gasteiger partial charge in [-0.2, -0.15) is 0 Å². The molecule has 0 saturated carbocycles. The van der Waals surface area contributed by atoms with Crippen molar-refractivity contribution in [3.63, 3.8) is 0 Å². The van der Waals surface area contributed by atoms with Crippen LogP contribution in [0.1, 0.15) is 16.8 Å². The highest BCUT2D eigenvalue weighted by atomic mass is 79.9. The van der Waals surface area contributed by atoms with Gasteiger partial charge >= 0.3 is 0 Å². The summed E-state index contributed by atoms with van der Waals surface area (Å²) in [5.41, 5.74) is 6.92. The van der Waals surface area contributed by atoms with Gasteiger partial charge in [-0.1, -0.05) is 6.07 Å². The molecule has 1 aromatic rings. The first kappa shape index (κ1) is 15.3. The Hall–Kier alpha value is -1.11. The fourth-order valence-electron chi connectivity index (χ4n) is 2.15. The van der Waals surface area contributed by atoms with Crippen LogP contribution in [0.3, 0.4) is 0 Å². The molecule has 3 N–H and O–H groups in total. The maximum Gasteiger partial charge on any atom is 0.252 e. The summed E-state index contributed by atoms with van der Waals surface area (Å²) in [7, 11) is 0. The molecule has 6 heteroatoms. The van der Waals surface area contributed by atoms with Crippen LogP contribution >= 0.6 is 15.9 Å². The van der Waals surface area contributed by atoms with Gasteiger partial charge in [-0.15, -0.1) is 0 Å². The molecule has 20 heavy (non-hydrogen) atoms. The van der Waals surface area contributed by atoms with Crippen LogP contribution in [0.2, 0.25) is 0 Å². The molecule has 0 atom stereocenters. The second-order valence-corrected chi connectivity index (χ2v) is 5.57. The highest BCUT2D eigenvalue weighted by Crippen LogP contribution is 2.23. The van der Waals surface area contributed by atoms with Crippen LogP contribution in [0.25, 0.3) is 0 Å². The lowest BCUT2D eigenvalue weighted by Gasteiger charge is -2.26. The maximum atomic E-state index is 12.0. The van der Waals surface area contributed by atoms with E-state index in [2.05, 4.69) is 26.1 Å². The first-order valence-electron chi connectivity index (χ1n) is 6.81. The maximum absolute atomic E-state index is 12.0. The number of halogens is 1. The van der Waals surface area contributed by atoms with Crippen molar-refractivity contribution in [3.05, 3.63) is 28.2 Å². The van der Waals surface area contributed by atoms with Crippen LogP contribution < -0.4 is 11.1 Å². The monoisotopic (exact) mass is 341 g/mol. The summed E-state index contributed by atoms with van der Waals surface area (Å²) in [4.78, 5) is 14.4. The van der Waals surface area contributed by atoms with E-state index in [1.54, 1.807) is 18.2 Å². The standard InChI is InChI=1S/C14H20BrN3O2/c15-13-11(3-1-4-12(13)16)14(19)17-5-2-6-18-7-9-20-10-8-18/h1,3-4H,2,5-10,16H2,(H,17,19). The molecule has 0 radical (unpaired) electrons. The summed E-state index contributed by atoms with van der Waals surface area (Å²) in [6, 6.07) is 5.31. The number of benzene rings is 1. The Morgan fingerprint density at radius 3 is 2.90 bits per heavy atom. The van der Waals surface area contributed by atoms with Gasteiger partial charge in [0.25, 0.3) is 5.91 Å². The van der Waals surface area contributed by atoms with E-state index in [0.29, 0.717) is 22.3 Å². The van der Waals surface area contributed by atoms with Crippen molar-refractivity contribution < 1.29 is 9.53 Å². The smallest absolute Gasteiger partial charge is 0.252 e. The van der Waals surface area contributed by atoms with Crippen molar-refractivity contribution >= 4 is 27.5 Å². The third-order valence-corrected chi connectivity index (χ3v) is 4.20. The van der Waals surface area contributed by atoms with E-state index < -0.39 is 0 Å². The molecule has 1 amide bonds. The number of nitrogen functional groups attached to an aromatic ring is 1. The highest BCUT2D eigenvalue weighted by molar-refractivity contribution is 9.10. The Kier molecular flexibility index (Phi) is 5.82. The van der Waals surface area contributed by atoms with Crippen LogP contribution in [0, 0.1) is 0 Å². The molecule has 1 heterocycles. The van der Waals surface area contributed by atoms with Gasteiger partial charge in [0.05, 0.1) is 23.2 Å². The van der Waals surface area contributed by atoms with E-state index in [1.807, 2.05) is 0 Å². The van der Waals surface area contributed by atoms with Gasteiger partial charge in [-0.3, -0.25) is 9.69 Å². The van der Waals surface area contributed by atoms with E-state index in [9.17, 15) is 4.79 Å². The molecule has 1 aliphatic rings. The molecule has 0 aromatic heterocycles. The zero-order chi connectivity index (χ0) is 14.4. The van der Waals surface area contributed by atoms with E-state index >= 15 is 0 Å². The lowest BCUT2D eigenvalue weighted by atomic mass is 10.2. The average molecular weight is 342 g/mol. The van der Waals surface area contributed by atoms with Gasteiger partial charge in [0.2, 0.25) is 0 Å². The first-order valence-corrected chi connectivity index (χ1v) is 7.60. The summed E-state index contributed by atoms with van der Waals surface area (Å²) in [6.45, 7) is 5.23. The van der Waals surface area contributed by atoms with Gasteiger partial charge in [0.1, 0.15) is 0 Å². The lowest BCUT2D eigenvalue weighted by molar-refractivity contribution is 0.0374. The Morgan fingerprint density at radius 1 is 1.40 bits per heavy atom. The van der Waals surface area contributed by atoms with Crippen LogP contribution in [0.5, 0.6) is 0 Å². The number of amides is 1. The number of rotatable bonds is 5. The lowest BCUT2D eigenvalue weighted by Crippen LogP contribution is -2.38. The molecule has 0 unspecified atom stereocenters. The second kappa shape index (κ2) is 7.61. The number of carbonyl (C=O) groups excluding carboxylic acids is 1. The molecule has 2 rings (SSSR count). The third-order valence-electron chi connectivity index (χ3n) is 3.31. The number of hydrogen-bond donors (Lipinski definition) is 2. The summed E-state index contributed by atoms with van der Waals surface area (Å²) in [5.74, 6) is -0.0915. The van der Waals surface area contributed by atoms with Crippen molar-refractivity contribution in [3.8, 4) is 0 Å². The number of nitrogens with two attached hydrogens (primary N) is 1. The number of ether oxygens (including phenoxy) is 1. The minimum absolute atomic E-state index is 0.0915. The number of morpholine rings is 1. The molecule has 1 aliphatic heterocycles. The Morgan fingerprint density at radius 2 is 2.15 bits per heavy atom. The van der Waals surface area contributed by atoms with E-state index in [-0.39, 0.29) is 5.91 Å². The Balaban J connectivity index is 1.73. The molecular formula is C14H20BrN3O2. The van der Waals surface area contributed by atoms with Crippen molar-refractivity contribution in [2.24, 2.45) is 0 Å². The Labute approximate surface area is 127 Å². The molecule has 0 aliphatic carbocycles. The number of hydrogen-bond acceptors (Lipinski definition) is 4. The van der Waals surface area contributed by atoms with Crippen LogP contribution in [-0.4, -0.2) is 50.2 Å². The molecule has 5 nitrogen and oxygen atoms in total. The summed E-state index contributed by atoms with van der Waals surface area (Å²) >= 11 is 3.34. The number of nitrogens with one attached hydrogen (secondary N) is 1. The minimum atomic E-state index is -0.0915. The number of carbonyl (C=O) groups is 1. The van der Waals surface area contributed by atoms with Crippen LogP contribution in [0.4, 0.5) is 5.69 Å². The number of nitrogens with zero attached hydrogens (tertiary/aromatic N) is 1. The van der Waals surface area contributed by atoms with Gasteiger partial charge in [-0.05, 0) is 41.0 Å².